The third-order valence-corrected chi connectivity index (χ3v) is 2.75. The first kappa shape index (κ1) is 15.9. The molecule has 0 aliphatic rings. The molecule has 0 aromatic heterocycles. The Labute approximate surface area is 117 Å². The molecule has 0 aliphatic carbocycles. The molecule has 0 aliphatic heterocycles. The molecule has 0 bridgehead atoms. The van der Waals surface area contributed by atoms with E-state index in [9.17, 15) is 14.0 Å². The lowest BCUT2D eigenvalue weighted by Gasteiger charge is -2.28. The van der Waals surface area contributed by atoms with Crippen LogP contribution in [-0.4, -0.2) is 38.1 Å². The maximum absolute atomic E-state index is 12.9. The first-order valence-corrected chi connectivity index (χ1v) is 6.29. The van der Waals surface area contributed by atoms with Crippen LogP contribution in [0.15, 0.2) is 24.3 Å². The standard InChI is InChI=1S/C14H19FN2O3/c1-10(2)17(12-6-4-11(15)5-7-12)9-13(18)16-8-14(19)20-3/h4-7,10H,8-9H2,1-3H3,(H,16,18). The van der Waals surface area contributed by atoms with Crippen LogP contribution in [-0.2, 0) is 14.3 Å². The number of benzene rings is 1. The van der Waals surface area contributed by atoms with Crippen LogP contribution in [0.25, 0.3) is 0 Å². The molecule has 1 N–H and O–H groups in total. The van der Waals surface area contributed by atoms with Gasteiger partial charge in [-0.15, -0.1) is 0 Å². The predicted molar refractivity (Wildman–Crippen MR) is 73.9 cm³/mol. The average molecular weight is 282 g/mol. The van der Waals surface area contributed by atoms with Gasteiger partial charge in [0, 0.05) is 11.7 Å². The summed E-state index contributed by atoms with van der Waals surface area (Å²) in [6.07, 6.45) is 0. The smallest absolute Gasteiger partial charge is 0.325 e. The number of carbonyl (C=O) groups is 2. The molecule has 1 rings (SSSR count). The maximum atomic E-state index is 12.9. The van der Waals surface area contributed by atoms with E-state index in [-0.39, 0.29) is 30.9 Å². The quantitative estimate of drug-likeness (QED) is 0.800. The minimum absolute atomic E-state index is 0.0596. The summed E-state index contributed by atoms with van der Waals surface area (Å²) >= 11 is 0. The minimum atomic E-state index is -0.503. The van der Waals surface area contributed by atoms with Gasteiger partial charge in [0.25, 0.3) is 0 Å². The topological polar surface area (TPSA) is 58.6 Å². The van der Waals surface area contributed by atoms with E-state index in [0.717, 1.165) is 5.69 Å². The number of nitrogens with zero attached hydrogens (tertiary/aromatic N) is 1. The summed E-state index contributed by atoms with van der Waals surface area (Å²) in [6.45, 7) is 3.78. The summed E-state index contributed by atoms with van der Waals surface area (Å²) in [7, 11) is 1.26. The third kappa shape index (κ3) is 4.87. The summed E-state index contributed by atoms with van der Waals surface area (Å²) in [5.74, 6) is -1.13. The molecule has 0 spiro atoms. The zero-order chi connectivity index (χ0) is 15.1. The number of rotatable bonds is 6. The van der Waals surface area contributed by atoms with Crippen molar-refractivity contribution in [1.82, 2.24) is 5.32 Å². The van der Waals surface area contributed by atoms with Gasteiger partial charge in [-0.2, -0.15) is 0 Å². The van der Waals surface area contributed by atoms with Gasteiger partial charge >= 0.3 is 5.97 Å². The number of nitrogens with one attached hydrogen (secondary N) is 1. The Kier molecular flexibility index (Phi) is 5.96. The fourth-order valence-corrected chi connectivity index (χ4v) is 1.66. The lowest BCUT2D eigenvalue weighted by atomic mass is 10.2. The Morgan fingerprint density at radius 2 is 1.90 bits per heavy atom. The van der Waals surface area contributed by atoms with E-state index in [1.54, 1.807) is 12.1 Å². The van der Waals surface area contributed by atoms with Gasteiger partial charge in [-0.05, 0) is 38.1 Å². The van der Waals surface area contributed by atoms with Gasteiger partial charge in [0.15, 0.2) is 0 Å². The van der Waals surface area contributed by atoms with Crippen LogP contribution < -0.4 is 10.2 Å². The maximum Gasteiger partial charge on any atom is 0.325 e. The molecular formula is C14H19FN2O3. The van der Waals surface area contributed by atoms with Crippen molar-refractivity contribution in [1.29, 1.82) is 0 Å². The van der Waals surface area contributed by atoms with Crippen LogP contribution in [0.1, 0.15) is 13.8 Å². The van der Waals surface area contributed by atoms with Gasteiger partial charge in [-0.25, -0.2) is 4.39 Å². The highest BCUT2D eigenvalue weighted by molar-refractivity contribution is 5.85. The molecule has 0 saturated heterocycles. The number of esters is 1. The van der Waals surface area contributed by atoms with Crippen LogP contribution in [0.3, 0.4) is 0 Å². The lowest BCUT2D eigenvalue weighted by molar-refractivity contribution is -0.141. The van der Waals surface area contributed by atoms with E-state index in [0.29, 0.717) is 0 Å². The number of carbonyl (C=O) groups excluding carboxylic acids is 2. The van der Waals surface area contributed by atoms with E-state index >= 15 is 0 Å². The molecule has 0 fully saturated rings. The summed E-state index contributed by atoms with van der Waals surface area (Å²) in [6, 6.07) is 5.98. The monoisotopic (exact) mass is 282 g/mol. The van der Waals surface area contributed by atoms with Gasteiger partial charge in [-0.3, -0.25) is 9.59 Å². The number of amides is 1. The lowest BCUT2D eigenvalue weighted by Crippen LogP contribution is -2.42. The number of anilines is 1. The molecule has 20 heavy (non-hydrogen) atoms. The molecular weight excluding hydrogens is 263 g/mol. The molecule has 0 radical (unpaired) electrons. The summed E-state index contributed by atoms with van der Waals surface area (Å²) < 4.78 is 17.4. The van der Waals surface area contributed by atoms with Crippen molar-refractivity contribution in [3.05, 3.63) is 30.1 Å². The highest BCUT2D eigenvalue weighted by Crippen LogP contribution is 2.17. The fraction of sp³-hybridized carbons (Fsp3) is 0.429. The van der Waals surface area contributed by atoms with E-state index in [1.165, 1.54) is 19.2 Å². The normalized spacial score (nSPS) is 10.2. The van der Waals surface area contributed by atoms with Crippen molar-refractivity contribution in [3.8, 4) is 0 Å². The van der Waals surface area contributed by atoms with Crippen molar-refractivity contribution in [3.63, 3.8) is 0 Å². The largest absolute Gasteiger partial charge is 0.468 e. The zero-order valence-electron chi connectivity index (χ0n) is 11.9. The van der Waals surface area contributed by atoms with E-state index in [4.69, 9.17) is 0 Å². The minimum Gasteiger partial charge on any atom is -0.468 e. The zero-order valence-corrected chi connectivity index (χ0v) is 11.9. The molecule has 110 valence electrons. The summed E-state index contributed by atoms with van der Waals surface area (Å²) in [4.78, 5) is 24.5. The SMILES string of the molecule is COC(=O)CNC(=O)CN(c1ccc(F)cc1)C(C)C. The van der Waals surface area contributed by atoms with Gasteiger partial charge in [0.2, 0.25) is 5.91 Å². The van der Waals surface area contributed by atoms with E-state index < -0.39 is 5.97 Å². The number of ether oxygens (including phenoxy) is 1. The molecule has 6 heteroatoms. The van der Waals surface area contributed by atoms with Gasteiger partial charge in [0.05, 0.1) is 13.7 Å². The molecule has 0 saturated carbocycles. The number of hydrogen-bond acceptors (Lipinski definition) is 4. The van der Waals surface area contributed by atoms with Crippen molar-refractivity contribution >= 4 is 17.6 Å². The van der Waals surface area contributed by atoms with Crippen molar-refractivity contribution in [2.45, 2.75) is 19.9 Å². The number of methoxy groups -OCH3 is 1. The first-order valence-electron chi connectivity index (χ1n) is 6.29. The van der Waals surface area contributed by atoms with Crippen LogP contribution in [0.2, 0.25) is 0 Å². The third-order valence-electron chi connectivity index (χ3n) is 2.75. The first-order chi connectivity index (χ1) is 9.43. The molecule has 1 aromatic rings. The van der Waals surface area contributed by atoms with Crippen LogP contribution in [0.5, 0.6) is 0 Å². The van der Waals surface area contributed by atoms with Gasteiger partial charge < -0.3 is 15.0 Å². The van der Waals surface area contributed by atoms with Gasteiger partial charge in [-0.1, -0.05) is 0 Å². The average Bonchev–Trinajstić information content (AvgIpc) is 2.43. The fourth-order valence-electron chi connectivity index (χ4n) is 1.66. The van der Waals surface area contributed by atoms with E-state index in [1.807, 2.05) is 18.7 Å². The van der Waals surface area contributed by atoms with Gasteiger partial charge in [0.1, 0.15) is 12.4 Å². The molecule has 5 nitrogen and oxygen atoms in total. The second kappa shape index (κ2) is 7.47. The second-order valence-electron chi connectivity index (χ2n) is 4.55. The number of halogens is 1. The van der Waals surface area contributed by atoms with Crippen molar-refractivity contribution in [2.75, 3.05) is 25.1 Å². The second-order valence-corrected chi connectivity index (χ2v) is 4.55. The molecule has 1 amide bonds. The van der Waals surface area contributed by atoms with Crippen LogP contribution >= 0.6 is 0 Å². The molecule has 1 aromatic carbocycles. The van der Waals surface area contributed by atoms with Crippen LogP contribution in [0.4, 0.5) is 10.1 Å². The Hall–Kier alpha value is -2.11. The summed E-state index contributed by atoms with van der Waals surface area (Å²) in [5, 5.41) is 2.47. The van der Waals surface area contributed by atoms with Crippen molar-refractivity contribution < 1.29 is 18.7 Å². The Balaban J connectivity index is 2.66. The summed E-state index contributed by atoms with van der Waals surface area (Å²) in [5.41, 5.74) is 0.745. The van der Waals surface area contributed by atoms with Crippen LogP contribution in [0, 0.1) is 5.82 Å². The Bertz CT molecular complexity index is 460. The Morgan fingerprint density at radius 1 is 1.30 bits per heavy atom. The molecule has 0 unspecified atom stereocenters. The highest BCUT2D eigenvalue weighted by atomic mass is 19.1. The Morgan fingerprint density at radius 3 is 2.40 bits per heavy atom. The van der Waals surface area contributed by atoms with E-state index in [2.05, 4.69) is 10.1 Å². The number of hydrogen-bond donors (Lipinski definition) is 1. The van der Waals surface area contributed by atoms with Crippen molar-refractivity contribution in [2.24, 2.45) is 0 Å². The predicted octanol–water partition coefficient (Wildman–Crippen LogP) is 1.33. The highest BCUT2D eigenvalue weighted by Gasteiger charge is 2.15. The molecule has 0 heterocycles. The molecule has 0 atom stereocenters.